The highest BCUT2D eigenvalue weighted by Crippen LogP contribution is 2.30. The first-order valence-electron chi connectivity index (χ1n) is 7.12. The van der Waals surface area contributed by atoms with Crippen molar-refractivity contribution in [2.24, 2.45) is 10.8 Å². The van der Waals surface area contributed by atoms with Gasteiger partial charge in [-0.15, -0.1) is 0 Å². The predicted molar refractivity (Wildman–Crippen MR) is 73.9 cm³/mol. The molecule has 0 aromatic carbocycles. The molecule has 110 valence electrons. The summed E-state index contributed by atoms with van der Waals surface area (Å²) >= 11 is 0. The highest BCUT2D eigenvalue weighted by Gasteiger charge is 2.39. The van der Waals surface area contributed by atoms with Crippen LogP contribution in [0.1, 0.15) is 46.5 Å². The maximum atomic E-state index is 12.4. The molecule has 1 heterocycles. The summed E-state index contributed by atoms with van der Waals surface area (Å²) in [5.74, 6) is -0.870. The Morgan fingerprint density at radius 1 is 1.42 bits per heavy atom. The van der Waals surface area contributed by atoms with Gasteiger partial charge in [-0.2, -0.15) is 0 Å². The lowest BCUT2D eigenvalue weighted by molar-refractivity contribution is -0.148. The van der Waals surface area contributed by atoms with Crippen molar-refractivity contribution in [3.8, 4) is 0 Å². The molecule has 2 unspecified atom stereocenters. The van der Waals surface area contributed by atoms with Crippen LogP contribution < -0.4 is 10.6 Å². The number of carboxylic acid groups (broad SMARTS) is 1. The van der Waals surface area contributed by atoms with Crippen molar-refractivity contribution in [1.82, 2.24) is 10.6 Å². The van der Waals surface area contributed by atoms with Gasteiger partial charge in [0.25, 0.3) is 0 Å². The maximum absolute atomic E-state index is 12.4. The third kappa shape index (κ3) is 3.47. The van der Waals surface area contributed by atoms with E-state index < -0.39 is 11.4 Å². The van der Waals surface area contributed by atoms with Gasteiger partial charge in [-0.05, 0) is 39.2 Å². The Bertz CT molecular complexity index is 338. The standard InChI is InChI=1S/C14H26N2O3/c1-4-13(3,12(18)19)9-16-11(17)14(5-2)7-6-8-15-10-14/h15H,4-10H2,1-3H3,(H,16,17)(H,18,19). The molecule has 5 nitrogen and oxygen atoms in total. The van der Waals surface area contributed by atoms with Crippen molar-refractivity contribution in [2.75, 3.05) is 19.6 Å². The van der Waals surface area contributed by atoms with Gasteiger partial charge in [0, 0.05) is 13.1 Å². The molecule has 19 heavy (non-hydrogen) atoms. The molecule has 1 aliphatic heterocycles. The summed E-state index contributed by atoms with van der Waals surface area (Å²) in [5, 5.41) is 15.3. The molecule has 5 heteroatoms. The SMILES string of the molecule is CCC(C)(CNC(=O)C1(CC)CCCNC1)C(=O)O. The molecule has 1 amide bonds. The lowest BCUT2D eigenvalue weighted by atomic mass is 9.77. The number of hydrogen-bond acceptors (Lipinski definition) is 3. The van der Waals surface area contributed by atoms with Crippen molar-refractivity contribution in [3.63, 3.8) is 0 Å². The van der Waals surface area contributed by atoms with Gasteiger partial charge in [0.2, 0.25) is 5.91 Å². The van der Waals surface area contributed by atoms with E-state index in [-0.39, 0.29) is 17.9 Å². The van der Waals surface area contributed by atoms with Crippen LogP contribution >= 0.6 is 0 Å². The first-order valence-corrected chi connectivity index (χ1v) is 7.12. The fourth-order valence-electron chi connectivity index (χ4n) is 2.44. The summed E-state index contributed by atoms with van der Waals surface area (Å²) < 4.78 is 0. The van der Waals surface area contributed by atoms with Gasteiger partial charge in [0.1, 0.15) is 0 Å². The molecule has 0 aliphatic carbocycles. The number of piperidine rings is 1. The van der Waals surface area contributed by atoms with Crippen molar-refractivity contribution in [1.29, 1.82) is 0 Å². The molecule has 0 aromatic heterocycles. The molecular weight excluding hydrogens is 244 g/mol. The van der Waals surface area contributed by atoms with Crippen molar-refractivity contribution in [2.45, 2.75) is 46.5 Å². The monoisotopic (exact) mass is 270 g/mol. The largest absolute Gasteiger partial charge is 0.481 e. The van der Waals surface area contributed by atoms with E-state index in [2.05, 4.69) is 10.6 Å². The van der Waals surface area contributed by atoms with E-state index >= 15 is 0 Å². The van der Waals surface area contributed by atoms with Crippen LogP contribution in [0.4, 0.5) is 0 Å². The Morgan fingerprint density at radius 2 is 2.11 bits per heavy atom. The molecule has 0 aromatic rings. The lowest BCUT2D eigenvalue weighted by Crippen LogP contribution is -2.52. The van der Waals surface area contributed by atoms with Crippen LogP contribution in [-0.2, 0) is 9.59 Å². The number of carboxylic acids is 1. The molecule has 1 aliphatic rings. The fraction of sp³-hybridized carbons (Fsp3) is 0.857. The van der Waals surface area contributed by atoms with Crippen LogP contribution in [0.15, 0.2) is 0 Å². The molecule has 1 rings (SSSR count). The summed E-state index contributed by atoms with van der Waals surface area (Å²) in [7, 11) is 0. The molecule has 2 atom stereocenters. The van der Waals surface area contributed by atoms with Gasteiger partial charge in [0.05, 0.1) is 10.8 Å². The Balaban J connectivity index is 2.65. The number of rotatable bonds is 6. The first kappa shape index (κ1) is 16.0. The van der Waals surface area contributed by atoms with Gasteiger partial charge in [-0.25, -0.2) is 0 Å². The van der Waals surface area contributed by atoms with Crippen LogP contribution in [0.5, 0.6) is 0 Å². The first-order chi connectivity index (χ1) is 8.90. The van der Waals surface area contributed by atoms with Crippen LogP contribution in [-0.4, -0.2) is 36.6 Å². The molecule has 0 spiro atoms. The zero-order valence-corrected chi connectivity index (χ0v) is 12.2. The number of hydrogen-bond donors (Lipinski definition) is 3. The minimum Gasteiger partial charge on any atom is -0.481 e. The molecule has 1 saturated heterocycles. The van der Waals surface area contributed by atoms with Crippen molar-refractivity contribution >= 4 is 11.9 Å². The third-order valence-corrected chi connectivity index (χ3v) is 4.57. The van der Waals surface area contributed by atoms with Gasteiger partial charge < -0.3 is 15.7 Å². The summed E-state index contributed by atoms with van der Waals surface area (Å²) in [6, 6.07) is 0. The second-order valence-electron chi connectivity index (χ2n) is 5.82. The lowest BCUT2D eigenvalue weighted by Gasteiger charge is -2.36. The summed E-state index contributed by atoms with van der Waals surface area (Å²) in [5.41, 5.74) is -1.25. The van der Waals surface area contributed by atoms with E-state index in [0.29, 0.717) is 13.0 Å². The summed E-state index contributed by atoms with van der Waals surface area (Å²) in [6.07, 6.45) is 3.14. The average molecular weight is 270 g/mol. The topological polar surface area (TPSA) is 78.4 Å². The summed E-state index contributed by atoms with van der Waals surface area (Å²) in [6.45, 7) is 7.36. The summed E-state index contributed by atoms with van der Waals surface area (Å²) in [4.78, 5) is 23.6. The molecule has 1 fully saturated rings. The van der Waals surface area contributed by atoms with E-state index in [4.69, 9.17) is 0 Å². The molecule has 3 N–H and O–H groups in total. The highest BCUT2D eigenvalue weighted by atomic mass is 16.4. The predicted octanol–water partition coefficient (Wildman–Crippen LogP) is 1.38. The molecule has 0 saturated carbocycles. The minimum atomic E-state index is -0.882. The number of carbonyl (C=O) groups excluding carboxylic acids is 1. The van der Waals surface area contributed by atoms with Crippen molar-refractivity contribution in [3.05, 3.63) is 0 Å². The maximum Gasteiger partial charge on any atom is 0.311 e. The van der Waals surface area contributed by atoms with Crippen LogP contribution in [0.2, 0.25) is 0 Å². The van der Waals surface area contributed by atoms with E-state index in [1.165, 1.54) is 0 Å². The quantitative estimate of drug-likeness (QED) is 0.681. The van der Waals surface area contributed by atoms with Gasteiger partial charge in [-0.1, -0.05) is 13.8 Å². The smallest absolute Gasteiger partial charge is 0.311 e. The van der Waals surface area contributed by atoms with E-state index in [0.717, 1.165) is 25.8 Å². The van der Waals surface area contributed by atoms with Crippen LogP contribution in [0.3, 0.4) is 0 Å². The molecule has 0 bridgehead atoms. The molecular formula is C14H26N2O3. The Hall–Kier alpha value is -1.10. The normalized spacial score (nSPS) is 26.5. The average Bonchev–Trinajstić information content (AvgIpc) is 2.44. The molecule has 0 radical (unpaired) electrons. The van der Waals surface area contributed by atoms with Crippen LogP contribution in [0, 0.1) is 10.8 Å². The minimum absolute atomic E-state index is 0.0110. The van der Waals surface area contributed by atoms with E-state index in [1.807, 2.05) is 13.8 Å². The number of carbonyl (C=O) groups is 2. The zero-order valence-electron chi connectivity index (χ0n) is 12.2. The Kier molecular flexibility index (Phi) is 5.35. The van der Waals surface area contributed by atoms with E-state index in [9.17, 15) is 14.7 Å². The van der Waals surface area contributed by atoms with Gasteiger partial charge in [-0.3, -0.25) is 9.59 Å². The Morgan fingerprint density at radius 3 is 2.53 bits per heavy atom. The van der Waals surface area contributed by atoms with Gasteiger partial charge in [0.15, 0.2) is 0 Å². The van der Waals surface area contributed by atoms with Crippen molar-refractivity contribution < 1.29 is 14.7 Å². The second-order valence-corrected chi connectivity index (χ2v) is 5.82. The second kappa shape index (κ2) is 6.37. The number of amides is 1. The van der Waals surface area contributed by atoms with Crippen LogP contribution in [0.25, 0.3) is 0 Å². The number of aliphatic carboxylic acids is 1. The third-order valence-electron chi connectivity index (χ3n) is 4.57. The van der Waals surface area contributed by atoms with E-state index in [1.54, 1.807) is 6.92 Å². The highest BCUT2D eigenvalue weighted by molar-refractivity contribution is 5.84. The Labute approximate surface area is 115 Å². The van der Waals surface area contributed by atoms with Gasteiger partial charge >= 0.3 is 5.97 Å². The zero-order chi connectivity index (χ0) is 14.5. The fourth-order valence-corrected chi connectivity index (χ4v) is 2.44. The number of nitrogens with one attached hydrogen (secondary N) is 2.